The highest BCUT2D eigenvalue weighted by molar-refractivity contribution is 14.1. The van der Waals surface area contributed by atoms with E-state index in [1.165, 1.54) is 14.4 Å². The third-order valence-corrected chi connectivity index (χ3v) is 3.82. The zero-order chi connectivity index (χ0) is 8.55. The summed E-state index contributed by atoms with van der Waals surface area (Å²) in [7, 11) is 0. The molecule has 0 radical (unpaired) electrons. The number of hydrogen-bond acceptors (Lipinski definition) is 5. The quantitative estimate of drug-likeness (QED) is 0.823. The van der Waals surface area contributed by atoms with E-state index in [1.807, 2.05) is 0 Å². The molecule has 0 fully saturated rings. The van der Waals surface area contributed by atoms with Crippen LogP contribution in [0.4, 0.5) is 5.95 Å². The van der Waals surface area contributed by atoms with Crippen LogP contribution in [0.1, 0.15) is 0 Å². The lowest BCUT2D eigenvalue weighted by atomic mass is 10.4. The number of thiophene rings is 1. The van der Waals surface area contributed by atoms with Gasteiger partial charge >= 0.3 is 0 Å². The molecule has 0 unspecified atom stereocenters. The highest BCUT2D eigenvalue weighted by Crippen LogP contribution is 2.27. The van der Waals surface area contributed by atoms with Crippen molar-refractivity contribution < 1.29 is 0 Å². The van der Waals surface area contributed by atoms with Crippen molar-refractivity contribution in [3.8, 4) is 10.6 Å². The first-order valence-corrected chi connectivity index (χ1v) is 5.82. The molecule has 0 atom stereocenters. The Hall–Kier alpha value is -0.210. The largest absolute Gasteiger partial charge is 0.367 e. The van der Waals surface area contributed by atoms with Crippen molar-refractivity contribution in [2.45, 2.75) is 0 Å². The minimum atomic E-state index is 0.358. The highest BCUT2D eigenvalue weighted by Gasteiger charge is 2.05. The summed E-state index contributed by atoms with van der Waals surface area (Å²) < 4.78 is 5.16. The fourth-order valence-corrected chi connectivity index (χ4v) is 2.76. The van der Waals surface area contributed by atoms with E-state index in [-0.39, 0.29) is 0 Å². The van der Waals surface area contributed by atoms with Crippen molar-refractivity contribution in [1.82, 2.24) is 9.36 Å². The van der Waals surface area contributed by atoms with Gasteiger partial charge < -0.3 is 5.73 Å². The predicted octanol–water partition coefficient (Wildman–Crippen LogP) is 2.45. The standard InChI is InChI=1S/C6H4IN3S2/c7-4-1-3(2-11-4)5-9-6(8)10-12-5/h1-2H,(H2,8,10). The summed E-state index contributed by atoms with van der Waals surface area (Å²) in [6, 6.07) is 2.07. The molecular weight excluding hydrogens is 305 g/mol. The van der Waals surface area contributed by atoms with Crippen LogP contribution in [0.15, 0.2) is 11.4 Å². The molecule has 2 aromatic rings. The SMILES string of the molecule is Nc1nsc(-c2csc(I)c2)n1. The van der Waals surface area contributed by atoms with Gasteiger partial charge in [0.15, 0.2) is 0 Å². The summed E-state index contributed by atoms with van der Waals surface area (Å²) in [6.45, 7) is 0. The van der Waals surface area contributed by atoms with Crippen molar-refractivity contribution in [2.75, 3.05) is 5.73 Å². The Balaban J connectivity index is 2.43. The van der Waals surface area contributed by atoms with Crippen molar-refractivity contribution in [3.63, 3.8) is 0 Å². The smallest absolute Gasteiger partial charge is 0.232 e. The zero-order valence-electron chi connectivity index (χ0n) is 5.82. The number of halogens is 1. The third-order valence-electron chi connectivity index (χ3n) is 1.26. The Kier molecular flexibility index (Phi) is 2.28. The van der Waals surface area contributed by atoms with Crippen LogP contribution in [0.5, 0.6) is 0 Å². The number of nitrogen functional groups attached to an aromatic ring is 1. The predicted molar refractivity (Wildman–Crippen MR) is 60.4 cm³/mol. The highest BCUT2D eigenvalue weighted by atomic mass is 127. The molecule has 0 bridgehead atoms. The minimum absolute atomic E-state index is 0.358. The molecule has 0 aliphatic rings. The molecule has 0 aliphatic carbocycles. The second-order valence-electron chi connectivity index (χ2n) is 2.10. The monoisotopic (exact) mass is 309 g/mol. The van der Waals surface area contributed by atoms with E-state index in [2.05, 4.69) is 43.4 Å². The maximum Gasteiger partial charge on any atom is 0.232 e. The van der Waals surface area contributed by atoms with E-state index in [9.17, 15) is 0 Å². The lowest BCUT2D eigenvalue weighted by molar-refractivity contribution is 1.34. The molecule has 2 aromatic heterocycles. The molecule has 0 aromatic carbocycles. The van der Waals surface area contributed by atoms with Gasteiger partial charge in [-0.25, -0.2) is 0 Å². The molecule has 2 N–H and O–H groups in total. The van der Waals surface area contributed by atoms with Crippen LogP contribution in [-0.4, -0.2) is 9.36 Å². The number of hydrogen-bond donors (Lipinski definition) is 1. The normalized spacial score (nSPS) is 10.4. The summed E-state index contributed by atoms with van der Waals surface area (Å²) in [4.78, 5) is 4.08. The van der Waals surface area contributed by atoms with Gasteiger partial charge in [-0.1, -0.05) is 0 Å². The Labute approximate surface area is 91.0 Å². The van der Waals surface area contributed by atoms with Gasteiger partial charge in [-0.05, 0) is 40.2 Å². The number of nitrogens with zero attached hydrogens (tertiary/aromatic N) is 2. The molecule has 0 saturated carbocycles. The van der Waals surface area contributed by atoms with Gasteiger partial charge in [-0.3, -0.25) is 0 Å². The topological polar surface area (TPSA) is 51.8 Å². The Bertz CT molecular complexity index is 357. The van der Waals surface area contributed by atoms with E-state index in [4.69, 9.17) is 5.73 Å². The molecule has 0 amide bonds. The Morgan fingerprint density at radius 1 is 1.50 bits per heavy atom. The molecule has 62 valence electrons. The second-order valence-corrected chi connectivity index (χ2v) is 5.65. The van der Waals surface area contributed by atoms with Crippen LogP contribution in [0.25, 0.3) is 10.6 Å². The lowest BCUT2D eigenvalue weighted by Gasteiger charge is -1.83. The van der Waals surface area contributed by atoms with Crippen LogP contribution in [-0.2, 0) is 0 Å². The van der Waals surface area contributed by atoms with Gasteiger partial charge in [0.25, 0.3) is 0 Å². The van der Waals surface area contributed by atoms with E-state index < -0.39 is 0 Å². The van der Waals surface area contributed by atoms with Crippen LogP contribution in [0.3, 0.4) is 0 Å². The van der Waals surface area contributed by atoms with Crippen LogP contribution in [0.2, 0.25) is 0 Å². The first kappa shape index (κ1) is 8.39. The van der Waals surface area contributed by atoms with E-state index in [0.717, 1.165) is 10.6 Å². The van der Waals surface area contributed by atoms with Gasteiger partial charge in [0.1, 0.15) is 5.01 Å². The lowest BCUT2D eigenvalue weighted by Crippen LogP contribution is -1.84. The molecule has 0 saturated heterocycles. The van der Waals surface area contributed by atoms with Crippen molar-refractivity contribution in [1.29, 1.82) is 0 Å². The summed E-state index contributed by atoms with van der Waals surface area (Å²) >= 11 is 5.30. The second kappa shape index (κ2) is 3.27. The van der Waals surface area contributed by atoms with Crippen LogP contribution < -0.4 is 5.73 Å². The molecule has 0 spiro atoms. The van der Waals surface area contributed by atoms with Gasteiger partial charge in [0.2, 0.25) is 5.95 Å². The minimum Gasteiger partial charge on any atom is -0.367 e. The number of aromatic nitrogens is 2. The molecule has 2 heterocycles. The Morgan fingerprint density at radius 3 is 2.83 bits per heavy atom. The van der Waals surface area contributed by atoms with Gasteiger partial charge in [-0.2, -0.15) is 9.36 Å². The van der Waals surface area contributed by atoms with Crippen molar-refractivity contribution in [3.05, 3.63) is 14.3 Å². The fourth-order valence-electron chi connectivity index (χ4n) is 0.774. The molecular formula is C6H4IN3S2. The van der Waals surface area contributed by atoms with Crippen molar-refractivity contribution >= 4 is 51.4 Å². The van der Waals surface area contributed by atoms with E-state index in [0.29, 0.717) is 5.95 Å². The van der Waals surface area contributed by atoms with Gasteiger partial charge in [0, 0.05) is 10.9 Å². The summed E-state index contributed by atoms with van der Waals surface area (Å²) in [5.74, 6) is 0.358. The Morgan fingerprint density at radius 2 is 2.33 bits per heavy atom. The fraction of sp³-hybridized carbons (Fsp3) is 0. The van der Waals surface area contributed by atoms with Crippen molar-refractivity contribution in [2.24, 2.45) is 0 Å². The molecule has 6 heteroatoms. The summed E-state index contributed by atoms with van der Waals surface area (Å²) in [5.41, 5.74) is 6.52. The summed E-state index contributed by atoms with van der Waals surface area (Å²) in [5, 5.41) is 2.95. The number of anilines is 1. The first-order chi connectivity index (χ1) is 5.75. The van der Waals surface area contributed by atoms with Crippen LogP contribution >= 0.6 is 45.5 Å². The number of rotatable bonds is 1. The van der Waals surface area contributed by atoms with E-state index >= 15 is 0 Å². The molecule has 2 rings (SSSR count). The molecule has 0 aliphatic heterocycles. The maximum absolute atomic E-state index is 5.41. The molecule has 3 nitrogen and oxygen atoms in total. The molecule has 12 heavy (non-hydrogen) atoms. The average molecular weight is 309 g/mol. The van der Waals surface area contributed by atoms with Gasteiger partial charge in [0.05, 0.1) is 2.88 Å². The van der Waals surface area contributed by atoms with Crippen LogP contribution in [0, 0.1) is 2.88 Å². The van der Waals surface area contributed by atoms with Gasteiger partial charge in [-0.15, -0.1) is 11.3 Å². The zero-order valence-corrected chi connectivity index (χ0v) is 9.61. The number of nitrogens with two attached hydrogens (primary N) is 1. The van der Waals surface area contributed by atoms with E-state index in [1.54, 1.807) is 11.3 Å². The average Bonchev–Trinajstić information content (AvgIpc) is 2.58. The third kappa shape index (κ3) is 1.59. The first-order valence-electron chi connectivity index (χ1n) is 3.09. The maximum atomic E-state index is 5.41. The summed E-state index contributed by atoms with van der Waals surface area (Å²) in [6.07, 6.45) is 0.